The third-order valence-corrected chi connectivity index (χ3v) is 5.13. The van der Waals surface area contributed by atoms with Crippen LogP contribution in [0.3, 0.4) is 0 Å². The molecule has 0 unspecified atom stereocenters. The maximum absolute atomic E-state index is 13.6. The summed E-state index contributed by atoms with van der Waals surface area (Å²) in [5.41, 5.74) is 0.148. The molecular formula is C15H14ClFN2O3S. The first-order valence-corrected chi connectivity index (χ1v) is 8.32. The van der Waals surface area contributed by atoms with E-state index in [0.29, 0.717) is 5.69 Å². The number of halogens is 2. The van der Waals surface area contributed by atoms with E-state index in [9.17, 15) is 17.6 Å². The monoisotopic (exact) mass is 356 g/mol. The highest BCUT2D eigenvalue weighted by Crippen LogP contribution is 2.19. The van der Waals surface area contributed by atoms with Crippen LogP contribution in [0, 0.1) is 5.82 Å². The van der Waals surface area contributed by atoms with E-state index < -0.39 is 21.7 Å². The second-order valence-corrected chi connectivity index (χ2v) is 7.48. The Morgan fingerprint density at radius 3 is 2.30 bits per heavy atom. The predicted octanol–water partition coefficient (Wildman–Crippen LogP) is 2.98. The Morgan fingerprint density at radius 1 is 1.13 bits per heavy atom. The molecule has 23 heavy (non-hydrogen) atoms. The van der Waals surface area contributed by atoms with E-state index in [-0.39, 0.29) is 15.5 Å². The van der Waals surface area contributed by atoms with Crippen LogP contribution in [0.1, 0.15) is 10.4 Å². The van der Waals surface area contributed by atoms with Crippen LogP contribution in [0.15, 0.2) is 47.4 Å². The van der Waals surface area contributed by atoms with Crippen LogP contribution in [0.2, 0.25) is 5.02 Å². The molecule has 2 aromatic carbocycles. The van der Waals surface area contributed by atoms with Crippen LogP contribution in [0.5, 0.6) is 0 Å². The Labute approximate surface area is 138 Å². The molecule has 0 fully saturated rings. The van der Waals surface area contributed by atoms with E-state index in [2.05, 4.69) is 5.32 Å². The number of amides is 1. The number of hydrogen-bond acceptors (Lipinski definition) is 3. The molecule has 2 aromatic rings. The number of sulfonamides is 1. The summed E-state index contributed by atoms with van der Waals surface area (Å²) < 4.78 is 38.6. The number of anilines is 1. The van der Waals surface area contributed by atoms with Crippen molar-refractivity contribution in [2.45, 2.75) is 4.90 Å². The Hall–Kier alpha value is -1.96. The van der Waals surface area contributed by atoms with Crippen LogP contribution in [0.25, 0.3) is 0 Å². The molecule has 0 aliphatic rings. The van der Waals surface area contributed by atoms with E-state index >= 15 is 0 Å². The summed E-state index contributed by atoms with van der Waals surface area (Å²) >= 11 is 5.75. The molecule has 0 aromatic heterocycles. The number of nitrogens with one attached hydrogen (secondary N) is 1. The summed E-state index contributed by atoms with van der Waals surface area (Å²) in [6.07, 6.45) is 0. The van der Waals surface area contributed by atoms with Gasteiger partial charge in [0.15, 0.2) is 0 Å². The zero-order valence-corrected chi connectivity index (χ0v) is 14.0. The fourth-order valence-electron chi connectivity index (χ4n) is 1.79. The topological polar surface area (TPSA) is 66.5 Å². The molecule has 5 nitrogen and oxygen atoms in total. The van der Waals surface area contributed by atoms with Gasteiger partial charge in [0.05, 0.1) is 10.5 Å². The molecule has 0 atom stereocenters. The van der Waals surface area contributed by atoms with Gasteiger partial charge < -0.3 is 5.32 Å². The summed E-state index contributed by atoms with van der Waals surface area (Å²) in [6, 6.07) is 9.24. The molecule has 0 spiro atoms. The lowest BCUT2D eigenvalue weighted by Crippen LogP contribution is -2.22. The van der Waals surface area contributed by atoms with Crippen molar-refractivity contribution in [3.8, 4) is 0 Å². The number of carbonyl (C=O) groups excluding carboxylic acids is 1. The van der Waals surface area contributed by atoms with Crippen molar-refractivity contribution in [3.05, 3.63) is 58.9 Å². The second kappa shape index (κ2) is 6.66. The fourth-order valence-corrected chi connectivity index (χ4v) is 2.86. The van der Waals surface area contributed by atoms with E-state index in [1.54, 1.807) is 0 Å². The van der Waals surface area contributed by atoms with Crippen molar-refractivity contribution >= 4 is 33.2 Å². The minimum absolute atomic E-state index is 0.0921. The number of carbonyl (C=O) groups is 1. The van der Waals surface area contributed by atoms with E-state index in [0.717, 1.165) is 10.4 Å². The number of nitrogens with zero attached hydrogens (tertiary/aromatic N) is 1. The predicted molar refractivity (Wildman–Crippen MR) is 86.7 cm³/mol. The number of benzene rings is 2. The highest BCUT2D eigenvalue weighted by atomic mass is 35.5. The molecule has 8 heteroatoms. The molecule has 0 aliphatic carbocycles. The summed E-state index contributed by atoms with van der Waals surface area (Å²) in [4.78, 5) is 12.1. The average molecular weight is 357 g/mol. The third-order valence-electron chi connectivity index (χ3n) is 3.06. The van der Waals surface area contributed by atoms with Crippen LogP contribution >= 0.6 is 11.6 Å². The van der Waals surface area contributed by atoms with Gasteiger partial charge in [-0.15, -0.1) is 0 Å². The first-order chi connectivity index (χ1) is 10.7. The molecule has 0 heterocycles. The molecule has 0 saturated carbocycles. The van der Waals surface area contributed by atoms with Gasteiger partial charge in [0.25, 0.3) is 5.91 Å². The quantitative estimate of drug-likeness (QED) is 0.915. The van der Waals surface area contributed by atoms with Crippen molar-refractivity contribution in [3.63, 3.8) is 0 Å². The molecule has 0 radical (unpaired) electrons. The minimum Gasteiger partial charge on any atom is -0.322 e. The summed E-state index contributed by atoms with van der Waals surface area (Å²) in [7, 11) is -0.696. The van der Waals surface area contributed by atoms with Crippen molar-refractivity contribution in [1.29, 1.82) is 0 Å². The average Bonchev–Trinajstić information content (AvgIpc) is 2.50. The van der Waals surface area contributed by atoms with Gasteiger partial charge in [-0.3, -0.25) is 4.79 Å². The van der Waals surface area contributed by atoms with E-state index in [1.807, 2.05) is 0 Å². The lowest BCUT2D eigenvalue weighted by Gasteiger charge is -2.12. The highest BCUT2D eigenvalue weighted by molar-refractivity contribution is 7.89. The van der Waals surface area contributed by atoms with Crippen LogP contribution in [0.4, 0.5) is 10.1 Å². The normalized spacial score (nSPS) is 11.5. The van der Waals surface area contributed by atoms with Gasteiger partial charge in [-0.25, -0.2) is 17.1 Å². The van der Waals surface area contributed by atoms with Gasteiger partial charge in [-0.05, 0) is 42.5 Å². The summed E-state index contributed by atoms with van der Waals surface area (Å²) in [5.74, 6) is -1.37. The minimum atomic E-state index is -3.54. The summed E-state index contributed by atoms with van der Waals surface area (Å²) in [5, 5.41) is 2.73. The Kier molecular flexibility index (Phi) is 5.03. The van der Waals surface area contributed by atoms with Crippen LogP contribution < -0.4 is 5.32 Å². The molecule has 0 aliphatic heterocycles. The fraction of sp³-hybridized carbons (Fsp3) is 0.133. The van der Waals surface area contributed by atoms with E-state index in [1.165, 1.54) is 50.5 Å². The van der Waals surface area contributed by atoms with Crippen molar-refractivity contribution < 1.29 is 17.6 Å². The van der Waals surface area contributed by atoms with Crippen molar-refractivity contribution in [2.24, 2.45) is 0 Å². The van der Waals surface area contributed by atoms with E-state index in [4.69, 9.17) is 11.6 Å². The second-order valence-electron chi connectivity index (χ2n) is 4.89. The maximum Gasteiger partial charge on any atom is 0.258 e. The molecule has 0 saturated heterocycles. The Morgan fingerprint density at radius 2 is 1.74 bits per heavy atom. The molecule has 1 amide bonds. The van der Waals surface area contributed by atoms with Gasteiger partial charge in [-0.2, -0.15) is 0 Å². The lowest BCUT2D eigenvalue weighted by atomic mass is 10.2. The smallest absolute Gasteiger partial charge is 0.258 e. The molecule has 0 bridgehead atoms. The Bertz CT molecular complexity index is 836. The molecule has 122 valence electrons. The third kappa shape index (κ3) is 3.87. The van der Waals surface area contributed by atoms with Gasteiger partial charge >= 0.3 is 0 Å². The van der Waals surface area contributed by atoms with Gasteiger partial charge in [0.2, 0.25) is 10.0 Å². The molecule has 2 rings (SSSR count). The number of rotatable bonds is 4. The van der Waals surface area contributed by atoms with Gasteiger partial charge in [0.1, 0.15) is 5.82 Å². The Balaban J connectivity index is 2.21. The zero-order valence-electron chi connectivity index (χ0n) is 12.4. The molecule has 1 N–H and O–H groups in total. The van der Waals surface area contributed by atoms with Crippen molar-refractivity contribution in [1.82, 2.24) is 4.31 Å². The standard InChI is InChI=1S/C15H14ClFN2O3S/c1-19(2)23(21,22)12-6-4-11(5-7-12)18-15(20)13-9-10(16)3-8-14(13)17/h3-9H,1-2H3,(H,18,20). The maximum atomic E-state index is 13.6. The zero-order chi connectivity index (χ0) is 17.2. The van der Waals surface area contributed by atoms with Gasteiger partial charge in [-0.1, -0.05) is 11.6 Å². The van der Waals surface area contributed by atoms with Gasteiger partial charge in [0, 0.05) is 24.8 Å². The molecular weight excluding hydrogens is 343 g/mol. The highest BCUT2D eigenvalue weighted by Gasteiger charge is 2.17. The van der Waals surface area contributed by atoms with Crippen molar-refractivity contribution in [2.75, 3.05) is 19.4 Å². The first-order valence-electron chi connectivity index (χ1n) is 6.51. The van der Waals surface area contributed by atoms with Crippen LogP contribution in [-0.2, 0) is 10.0 Å². The largest absolute Gasteiger partial charge is 0.322 e. The number of hydrogen-bond donors (Lipinski definition) is 1. The lowest BCUT2D eigenvalue weighted by molar-refractivity contribution is 0.102. The summed E-state index contributed by atoms with van der Waals surface area (Å²) in [6.45, 7) is 0. The van der Waals surface area contributed by atoms with Crippen LogP contribution in [-0.4, -0.2) is 32.7 Å². The first kappa shape index (κ1) is 17.4. The SMILES string of the molecule is CN(C)S(=O)(=O)c1ccc(NC(=O)c2cc(Cl)ccc2F)cc1.